The Hall–Kier alpha value is -1.84. The van der Waals surface area contributed by atoms with Crippen molar-refractivity contribution < 1.29 is 9.90 Å². The fourth-order valence-electron chi connectivity index (χ4n) is 2.33. The van der Waals surface area contributed by atoms with Gasteiger partial charge in [0, 0.05) is 13.0 Å². The van der Waals surface area contributed by atoms with Gasteiger partial charge >= 0.3 is 5.97 Å². The summed E-state index contributed by atoms with van der Waals surface area (Å²) >= 11 is 0. The molecule has 0 saturated heterocycles. The molecule has 2 rings (SSSR count). The largest absolute Gasteiger partial charge is 0.481 e. The molecule has 4 nitrogen and oxygen atoms in total. The first kappa shape index (κ1) is 13.6. The van der Waals surface area contributed by atoms with Crippen LogP contribution in [0, 0.1) is 0 Å². The molecule has 4 heteroatoms. The minimum Gasteiger partial charge on any atom is -0.481 e. The van der Waals surface area contributed by atoms with Gasteiger partial charge in [-0.1, -0.05) is 19.9 Å². The molecular formula is C15H20N2O2. The molecule has 0 aliphatic rings. The number of aryl methyl sites for hydroxylation is 3. The summed E-state index contributed by atoms with van der Waals surface area (Å²) in [6.07, 6.45) is 2.63. The van der Waals surface area contributed by atoms with Gasteiger partial charge in [-0.15, -0.1) is 0 Å². The molecule has 0 saturated carbocycles. The summed E-state index contributed by atoms with van der Waals surface area (Å²) < 4.78 is 2.15. The van der Waals surface area contributed by atoms with Gasteiger partial charge in [-0.3, -0.25) is 4.79 Å². The summed E-state index contributed by atoms with van der Waals surface area (Å²) in [4.78, 5) is 15.3. The average Bonchev–Trinajstić information content (AvgIpc) is 2.74. The molecule has 1 aromatic carbocycles. The van der Waals surface area contributed by atoms with E-state index in [9.17, 15) is 4.79 Å². The summed E-state index contributed by atoms with van der Waals surface area (Å²) in [7, 11) is 0. The number of aliphatic carboxylic acids is 1. The number of imidazole rings is 1. The quantitative estimate of drug-likeness (QED) is 0.868. The third kappa shape index (κ3) is 2.95. The minimum absolute atomic E-state index is 0.133. The van der Waals surface area contributed by atoms with E-state index in [0.717, 1.165) is 36.2 Å². The molecule has 0 radical (unpaired) electrons. The molecular weight excluding hydrogens is 240 g/mol. The highest BCUT2D eigenvalue weighted by Crippen LogP contribution is 2.20. The van der Waals surface area contributed by atoms with E-state index >= 15 is 0 Å². The van der Waals surface area contributed by atoms with Crippen LogP contribution in [-0.2, 0) is 24.2 Å². The van der Waals surface area contributed by atoms with Crippen LogP contribution >= 0.6 is 0 Å². The Morgan fingerprint density at radius 3 is 2.79 bits per heavy atom. The second-order valence-electron chi connectivity index (χ2n) is 4.75. The summed E-state index contributed by atoms with van der Waals surface area (Å²) in [6, 6.07) is 6.32. The van der Waals surface area contributed by atoms with Crippen LogP contribution in [0.15, 0.2) is 18.2 Å². The second kappa shape index (κ2) is 5.87. The van der Waals surface area contributed by atoms with Crippen LogP contribution in [0.25, 0.3) is 11.0 Å². The molecule has 1 heterocycles. The average molecular weight is 260 g/mol. The van der Waals surface area contributed by atoms with Gasteiger partial charge in [0.2, 0.25) is 0 Å². The Morgan fingerprint density at radius 1 is 1.37 bits per heavy atom. The third-order valence-corrected chi connectivity index (χ3v) is 3.31. The molecule has 0 atom stereocenters. The van der Waals surface area contributed by atoms with Gasteiger partial charge in [0.05, 0.1) is 17.5 Å². The summed E-state index contributed by atoms with van der Waals surface area (Å²) in [5.41, 5.74) is 3.35. The van der Waals surface area contributed by atoms with Crippen molar-refractivity contribution in [1.82, 2.24) is 9.55 Å². The molecule has 1 aromatic heterocycles. The highest BCUT2D eigenvalue weighted by molar-refractivity contribution is 5.77. The Balaban J connectivity index is 2.42. The van der Waals surface area contributed by atoms with Crippen molar-refractivity contribution in [1.29, 1.82) is 0 Å². The first-order valence-corrected chi connectivity index (χ1v) is 6.85. The number of fused-ring (bicyclic) bond motifs is 1. The normalized spacial score (nSPS) is 11.1. The highest BCUT2D eigenvalue weighted by atomic mass is 16.4. The molecule has 0 spiro atoms. The number of nitrogens with zero attached hydrogens (tertiary/aromatic N) is 2. The zero-order valence-electron chi connectivity index (χ0n) is 11.5. The summed E-state index contributed by atoms with van der Waals surface area (Å²) in [5, 5.41) is 8.82. The monoisotopic (exact) mass is 260 g/mol. The first-order chi connectivity index (χ1) is 9.15. The molecule has 0 aliphatic carbocycles. The van der Waals surface area contributed by atoms with E-state index in [1.807, 2.05) is 0 Å². The molecule has 2 aromatic rings. The molecule has 19 heavy (non-hydrogen) atoms. The number of carboxylic acids is 1. The molecule has 0 aliphatic heterocycles. The Labute approximate surface area is 113 Å². The predicted molar refractivity (Wildman–Crippen MR) is 75.4 cm³/mol. The zero-order valence-corrected chi connectivity index (χ0v) is 11.5. The predicted octanol–water partition coefficient (Wildman–Crippen LogP) is 3.03. The lowest BCUT2D eigenvalue weighted by Crippen LogP contribution is -2.06. The number of aromatic nitrogens is 2. The van der Waals surface area contributed by atoms with E-state index in [2.05, 4.69) is 41.6 Å². The van der Waals surface area contributed by atoms with Crippen LogP contribution in [0.5, 0.6) is 0 Å². The molecule has 0 amide bonds. The maximum Gasteiger partial charge on any atom is 0.303 e. The SMILES string of the molecule is CCCn1c(CCC(=O)O)nc2cc(CC)ccc21. The van der Waals surface area contributed by atoms with Crippen LogP contribution < -0.4 is 0 Å². The van der Waals surface area contributed by atoms with E-state index in [0.29, 0.717) is 6.42 Å². The van der Waals surface area contributed by atoms with Crippen molar-refractivity contribution in [3.8, 4) is 0 Å². The Morgan fingerprint density at radius 2 is 2.16 bits per heavy atom. The van der Waals surface area contributed by atoms with Crippen molar-refractivity contribution >= 4 is 17.0 Å². The van der Waals surface area contributed by atoms with Crippen LogP contribution in [-0.4, -0.2) is 20.6 Å². The number of carboxylic acid groups (broad SMARTS) is 1. The third-order valence-electron chi connectivity index (χ3n) is 3.31. The number of rotatable bonds is 6. The number of hydrogen-bond acceptors (Lipinski definition) is 2. The maximum absolute atomic E-state index is 10.7. The fraction of sp³-hybridized carbons (Fsp3) is 0.467. The van der Waals surface area contributed by atoms with Crippen LogP contribution in [0.2, 0.25) is 0 Å². The van der Waals surface area contributed by atoms with E-state index in [4.69, 9.17) is 5.11 Å². The number of benzene rings is 1. The number of hydrogen-bond donors (Lipinski definition) is 1. The lowest BCUT2D eigenvalue weighted by molar-refractivity contribution is -0.137. The van der Waals surface area contributed by atoms with Gasteiger partial charge in [-0.25, -0.2) is 4.98 Å². The van der Waals surface area contributed by atoms with Crippen molar-refractivity contribution in [2.24, 2.45) is 0 Å². The van der Waals surface area contributed by atoms with Gasteiger partial charge in [0.15, 0.2) is 0 Å². The smallest absolute Gasteiger partial charge is 0.303 e. The van der Waals surface area contributed by atoms with Crippen molar-refractivity contribution in [3.05, 3.63) is 29.6 Å². The van der Waals surface area contributed by atoms with Gasteiger partial charge < -0.3 is 9.67 Å². The highest BCUT2D eigenvalue weighted by Gasteiger charge is 2.11. The van der Waals surface area contributed by atoms with E-state index in [1.54, 1.807) is 0 Å². The zero-order chi connectivity index (χ0) is 13.8. The second-order valence-corrected chi connectivity index (χ2v) is 4.75. The van der Waals surface area contributed by atoms with Gasteiger partial charge in [-0.05, 0) is 30.5 Å². The van der Waals surface area contributed by atoms with Crippen molar-refractivity contribution in [2.75, 3.05) is 0 Å². The molecule has 0 unspecified atom stereocenters. The topological polar surface area (TPSA) is 55.1 Å². The molecule has 0 bridgehead atoms. The van der Waals surface area contributed by atoms with Gasteiger partial charge in [0.25, 0.3) is 0 Å². The molecule has 0 fully saturated rings. The lowest BCUT2D eigenvalue weighted by atomic mass is 10.1. The van der Waals surface area contributed by atoms with Crippen molar-refractivity contribution in [3.63, 3.8) is 0 Å². The minimum atomic E-state index is -0.774. The standard InChI is InChI=1S/C15H20N2O2/c1-3-9-17-13-6-5-11(4-2)10-12(13)16-14(17)7-8-15(18)19/h5-6,10H,3-4,7-9H2,1-2H3,(H,18,19). The van der Waals surface area contributed by atoms with Crippen LogP contribution in [0.4, 0.5) is 0 Å². The van der Waals surface area contributed by atoms with E-state index in [-0.39, 0.29) is 6.42 Å². The maximum atomic E-state index is 10.7. The first-order valence-electron chi connectivity index (χ1n) is 6.85. The van der Waals surface area contributed by atoms with Gasteiger partial charge in [0.1, 0.15) is 5.82 Å². The summed E-state index contributed by atoms with van der Waals surface area (Å²) in [6.45, 7) is 5.12. The van der Waals surface area contributed by atoms with Crippen molar-refractivity contribution in [2.45, 2.75) is 46.1 Å². The van der Waals surface area contributed by atoms with E-state index < -0.39 is 5.97 Å². The van der Waals surface area contributed by atoms with Gasteiger partial charge in [-0.2, -0.15) is 0 Å². The fourth-order valence-corrected chi connectivity index (χ4v) is 2.33. The molecule has 102 valence electrons. The van der Waals surface area contributed by atoms with Crippen LogP contribution in [0.3, 0.4) is 0 Å². The lowest BCUT2D eigenvalue weighted by Gasteiger charge is -2.06. The Bertz CT molecular complexity index is 587. The molecule has 1 N–H and O–H groups in total. The number of carbonyl (C=O) groups is 1. The van der Waals surface area contributed by atoms with E-state index in [1.165, 1.54) is 5.56 Å². The summed E-state index contributed by atoms with van der Waals surface area (Å²) in [5.74, 6) is 0.108. The Kier molecular flexibility index (Phi) is 4.20. The van der Waals surface area contributed by atoms with Crippen LogP contribution in [0.1, 0.15) is 38.1 Å².